The molecule has 7 heteroatoms. The first kappa shape index (κ1) is 19.1. The molecule has 1 atom stereocenters. The summed E-state index contributed by atoms with van der Waals surface area (Å²) >= 11 is 12.0. The maximum absolute atomic E-state index is 12.1. The van der Waals surface area contributed by atoms with E-state index in [-0.39, 0.29) is 11.6 Å². The second kappa shape index (κ2) is 8.74. The Hall–Kier alpha value is -2.24. The zero-order valence-corrected chi connectivity index (χ0v) is 15.2. The maximum atomic E-state index is 12.1. The molecular formula is C18H17Cl2NO4. The SMILES string of the molecule is COc1ccc(Cl)cc1C(=O)OCC(=O)N[C@H](C)c1ccccc1Cl. The van der Waals surface area contributed by atoms with Gasteiger partial charge in [0, 0.05) is 10.0 Å². The number of carbonyl (C=O) groups is 2. The van der Waals surface area contributed by atoms with Gasteiger partial charge >= 0.3 is 5.97 Å². The minimum atomic E-state index is -0.695. The Morgan fingerprint density at radius 2 is 1.88 bits per heavy atom. The summed E-state index contributed by atoms with van der Waals surface area (Å²) in [5, 5.41) is 3.64. The van der Waals surface area contributed by atoms with Crippen LogP contribution in [0.2, 0.25) is 10.0 Å². The van der Waals surface area contributed by atoms with Crippen molar-refractivity contribution in [3.63, 3.8) is 0 Å². The van der Waals surface area contributed by atoms with E-state index >= 15 is 0 Å². The molecule has 0 heterocycles. The molecule has 0 saturated heterocycles. The average Bonchev–Trinajstić information content (AvgIpc) is 2.59. The zero-order valence-electron chi connectivity index (χ0n) is 13.7. The van der Waals surface area contributed by atoms with Crippen LogP contribution in [0.3, 0.4) is 0 Å². The van der Waals surface area contributed by atoms with E-state index in [0.717, 1.165) is 5.56 Å². The van der Waals surface area contributed by atoms with Gasteiger partial charge < -0.3 is 14.8 Å². The Kier molecular flexibility index (Phi) is 6.67. The lowest BCUT2D eigenvalue weighted by Crippen LogP contribution is -2.31. The highest BCUT2D eigenvalue weighted by Gasteiger charge is 2.17. The molecule has 0 aromatic heterocycles. The lowest BCUT2D eigenvalue weighted by Gasteiger charge is -2.16. The number of methoxy groups -OCH3 is 1. The van der Waals surface area contributed by atoms with Crippen molar-refractivity contribution in [3.05, 3.63) is 63.6 Å². The van der Waals surface area contributed by atoms with Gasteiger partial charge in [-0.2, -0.15) is 0 Å². The van der Waals surface area contributed by atoms with Crippen molar-refractivity contribution < 1.29 is 19.1 Å². The molecule has 2 rings (SSSR count). The fourth-order valence-electron chi connectivity index (χ4n) is 2.24. The molecular weight excluding hydrogens is 365 g/mol. The molecule has 1 amide bonds. The summed E-state index contributed by atoms with van der Waals surface area (Å²) in [7, 11) is 1.43. The zero-order chi connectivity index (χ0) is 18.4. The third-order valence-electron chi connectivity index (χ3n) is 3.47. The Balaban J connectivity index is 1.95. The van der Waals surface area contributed by atoms with E-state index in [4.69, 9.17) is 32.7 Å². The first-order chi connectivity index (χ1) is 11.9. The van der Waals surface area contributed by atoms with E-state index in [1.165, 1.54) is 13.2 Å². The molecule has 2 aromatic carbocycles. The molecule has 0 spiro atoms. The van der Waals surface area contributed by atoms with Crippen molar-refractivity contribution in [2.24, 2.45) is 0 Å². The summed E-state index contributed by atoms with van der Waals surface area (Å²) in [5.74, 6) is -0.819. The highest BCUT2D eigenvalue weighted by Crippen LogP contribution is 2.24. The number of hydrogen-bond acceptors (Lipinski definition) is 4. The summed E-state index contributed by atoms with van der Waals surface area (Å²) in [5.41, 5.74) is 0.933. The van der Waals surface area contributed by atoms with Crippen LogP contribution in [-0.4, -0.2) is 25.6 Å². The molecule has 0 unspecified atom stereocenters. The molecule has 0 aliphatic carbocycles. The van der Waals surface area contributed by atoms with Crippen molar-refractivity contribution in [1.29, 1.82) is 0 Å². The first-order valence-electron chi connectivity index (χ1n) is 7.47. The van der Waals surface area contributed by atoms with Gasteiger partial charge in [0.05, 0.1) is 13.2 Å². The van der Waals surface area contributed by atoms with Crippen LogP contribution in [0.1, 0.15) is 28.9 Å². The third kappa shape index (κ3) is 5.11. The van der Waals surface area contributed by atoms with E-state index in [0.29, 0.717) is 15.8 Å². The van der Waals surface area contributed by atoms with E-state index in [2.05, 4.69) is 5.32 Å². The molecule has 0 bridgehead atoms. The topological polar surface area (TPSA) is 64.6 Å². The van der Waals surface area contributed by atoms with Crippen LogP contribution >= 0.6 is 23.2 Å². The van der Waals surface area contributed by atoms with Crippen LogP contribution in [0.15, 0.2) is 42.5 Å². The van der Waals surface area contributed by atoms with E-state index in [1.54, 1.807) is 31.2 Å². The largest absolute Gasteiger partial charge is 0.496 e. The first-order valence-corrected chi connectivity index (χ1v) is 8.22. The van der Waals surface area contributed by atoms with Gasteiger partial charge in [0.15, 0.2) is 6.61 Å². The monoisotopic (exact) mass is 381 g/mol. The van der Waals surface area contributed by atoms with Gasteiger partial charge in [-0.05, 0) is 36.8 Å². The molecule has 1 N–H and O–H groups in total. The molecule has 0 aliphatic rings. The number of hydrogen-bond donors (Lipinski definition) is 1. The maximum Gasteiger partial charge on any atom is 0.342 e. The lowest BCUT2D eigenvalue weighted by molar-refractivity contribution is -0.124. The summed E-state index contributed by atoms with van der Waals surface area (Å²) in [6.45, 7) is 1.37. The third-order valence-corrected chi connectivity index (χ3v) is 4.04. The second-order valence-electron chi connectivity index (χ2n) is 5.23. The number of rotatable bonds is 6. The molecule has 5 nitrogen and oxygen atoms in total. The lowest BCUT2D eigenvalue weighted by atomic mass is 10.1. The fraction of sp³-hybridized carbons (Fsp3) is 0.222. The Bertz CT molecular complexity index is 779. The summed E-state index contributed by atoms with van der Waals surface area (Å²) in [4.78, 5) is 24.1. The van der Waals surface area contributed by atoms with Gasteiger partial charge in [-0.15, -0.1) is 0 Å². The van der Waals surface area contributed by atoms with E-state index in [1.807, 2.05) is 12.1 Å². The van der Waals surface area contributed by atoms with Crippen LogP contribution in [0, 0.1) is 0 Å². The number of carbonyl (C=O) groups excluding carboxylic acids is 2. The van der Waals surface area contributed by atoms with Crippen molar-refractivity contribution in [2.45, 2.75) is 13.0 Å². The Labute approximate surface area is 155 Å². The molecule has 0 fully saturated rings. The number of nitrogens with one attached hydrogen (secondary N) is 1. The van der Waals surface area contributed by atoms with Crippen LogP contribution in [-0.2, 0) is 9.53 Å². The highest BCUT2D eigenvalue weighted by atomic mass is 35.5. The van der Waals surface area contributed by atoms with Gasteiger partial charge in [0.2, 0.25) is 0 Å². The van der Waals surface area contributed by atoms with Crippen LogP contribution in [0.25, 0.3) is 0 Å². The van der Waals surface area contributed by atoms with Crippen molar-refractivity contribution >= 4 is 35.1 Å². The smallest absolute Gasteiger partial charge is 0.342 e. The van der Waals surface area contributed by atoms with Gasteiger partial charge in [-0.1, -0.05) is 41.4 Å². The number of halogens is 2. The van der Waals surface area contributed by atoms with Gasteiger partial charge in [0.25, 0.3) is 5.91 Å². The summed E-state index contributed by atoms with van der Waals surface area (Å²) < 4.78 is 10.1. The van der Waals surface area contributed by atoms with Crippen LogP contribution < -0.4 is 10.1 Å². The molecule has 0 aliphatic heterocycles. The van der Waals surface area contributed by atoms with Crippen molar-refractivity contribution in [2.75, 3.05) is 13.7 Å². The van der Waals surface area contributed by atoms with Crippen LogP contribution in [0.5, 0.6) is 5.75 Å². The summed E-state index contributed by atoms with van der Waals surface area (Å²) in [6.07, 6.45) is 0. The second-order valence-corrected chi connectivity index (χ2v) is 6.08. The molecule has 132 valence electrons. The summed E-state index contributed by atoms with van der Waals surface area (Å²) in [6, 6.07) is 11.4. The quantitative estimate of drug-likeness (QED) is 0.766. The minimum Gasteiger partial charge on any atom is -0.496 e. The number of amides is 1. The molecule has 0 radical (unpaired) electrons. The van der Waals surface area contributed by atoms with Crippen molar-refractivity contribution in [1.82, 2.24) is 5.32 Å². The van der Waals surface area contributed by atoms with Gasteiger partial charge in [0.1, 0.15) is 11.3 Å². The Morgan fingerprint density at radius 3 is 2.56 bits per heavy atom. The van der Waals surface area contributed by atoms with E-state index < -0.39 is 18.5 Å². The fourth-order valence-corrected chi connectivity index (χ4v) is 2.71. The van der Waals surface area contributed by atoms with Crippen LogP contribution in [0.4, 0.5) is 0 Å². The van der Waals surface area contributed by atoms with Gasteiger partial charge in [-0.25, -0.2) is 4.79 Å². The standard InChI is InChI=1S/C18H17Cl2NO4/c1-11(13-5-3-4-6-15(13)20)21-17(22)10-25-18(23)14-9-12(19)7-8-16(14)24-2/h3-9,11H,10H2,1-2H3,(H,21,22)/t11-/m1/s1. The van der Waals surface area contributed by atoms with Gasteiger partial charge in [-0.3, -0.25) is 4.79 Å². The highest BCUT2D eigenvalue weighted by molar-refractivity contribution is 6.31. The predicted molar refractivity (Wildman–Crippen MR) is 96.3 cm³/mol. The average molecular weight is 382 g/mol. The normalized spacial score (nSPS) is 11.5. The number of esters is 1. The molecule has 25 heavy (non-hydrogen) atoms. The molecule has 2 aromatic rings. The number of benzene rings is 2. The molecule has 0 saturated carbocycles. The number of ether oxygens (including phenoxy) is 2. The van der Waals surface area contributed by atoms with E-state index in [9.17, 15) is 9.59 Å². The minimum absolute atomic E-state index is 0.155. The van der Waals surface area contributed by atoms with Crippen molar-refractivity contribution in [3.8, 4) is 5.75 Å². The predicted octanol–water partition coefficient (Wildman–Crippen LogP) is 4.04. The Morgan fingerprint density at radius 1 is 1.16 bits per heavy atom.